The number of phenols is 3. The van der Waals surface area contributed by atoms with Crippen molar-refractivity contribution in [2.75, 3.05) is 0 Å². The molecule has 1 atom stereocenters. The maximum Gasteiger partial charge on any atom is 0.208 e. The van der Waals surface area contributed by atoms with Crippen LogP contribution in [0.5, 0.6) is 51.7 Å². The third-order valence-electron chi connectivity index (χ3n) is 13.0. The lowest BCUT2D eigenvalue weighted by Gasteiger charge is -2.32. The first-order chi connectivity index (χ1) is 36.8. The molecular formula is C64H42N6O6. The fourth-order valence-electron chi connectivity index (χ4n) is 8.67. The van der Waals surface area contributed by atoms with Crippen molar-refractivity contribution in [2.24, 2.45) is 0 Å². The average molecular weight is 991 g/mol. The van der Waals surface area contributed by atoms with Crippen molar-refractivity contribution in [1.82, 2.24) is 0 Å². The van der Waals surface area contributed by atoms with Gasteiger partial charge in [0.2, 0.25) is 11.4 Å². The van der Waals surface area contributed by atoms with Crippen LogP contribution in [0.3, 0.4) is 0 Å². The Morgan fingerprint density at radius 1 is 0.329 bits per heavy atom. The molecule has 76 heavy (non-hydrogen) atoms. The molecule has 0 saturated heterocycles. The molecule has 0 heterocycles. The number of nitriles is 4. The van der Waals surface area contributed by atoms with Gasteiger partial charge in [-0.2, -0.15) is 21.0 Å². The van der Waals surface area contributed by atoms with Crippen molar-refractivity contribution >= 4 is 11.4 Å². The zero-order chi connectivity index (χ0) is 53.8. The highest BCUT2D eigenvalue weighted by molar-refractivity contribution is 5.63. The van der Waals surface area contributed by atoms with E-state index in [1.54, 1.807) is 72.8 Å². The molecule has 3 N–H and O–H groups in total. The Kier molecular flexibility index (Phi) is 15.1. The summed E-state index contributed by atoms with van der Waals surface area (Å²) >= 11 is 0. The molecule has 9 rings (SSSR count). The van der Waals surface area contributed by atoms with Crippen LogP contribution in [0.2, 0.25) is 0 Å². The van der Waals surface area contributed by atoms with E-state index in [0.29, 0.717) is 34.5 Å². The zero-order valence-electron chi connectivity index (χ0n) is 40.8. The van der Waals surface area contributed by atoms with Crippen molar-refractivity contribution in [3.8, 4) is 76.0 Å². The molecule has 12 nitrogen and oxygen atoms in total. The normalized spacial score (nSPS) is 11.2. The lowest BCUT2D eigenvalue weighted by molar-refractivity contribution is 0.474. The second kappa shape index (κ2) is 22.4. The first-order valence-corrected chi connectivity index (χ1v) is 23.3. The van der Waals surface area contributed by atoms with Crippen LogP contribution in [0, 0.1) is 58.5 Å². The number of hydrogen-bond donors (Lipinski definition) is 3. The van der Waals surface area contributed by atoms with E-state index in [1.807, 2.05) is 133 Å². The first kappa shape index (κ1) is 51.1. The summed E-state index contributed by atoms with van der Waals surface area (Å²) in [7, 11) is 0. The fraction of sp³-hybridized carbons (Fsp3) is 0.0625. The van der Waals surface area contributed by atoms with Crippen LogP contribution in [-0.4, -0.2) is 15.3 Å². The largest absolute Gasteiger partial charge is 0.508 e. The van der Waals surface area contributed by atoms with Gasteiger partial charge in [0, 0.05) is 10.8 Å². The molecule has 0 amide bonds. The SMILES string of the molecule is CC(c1ccc(O)cc1)(c1ccc(O)cc1)c1ccc(O)cc1.[C-]#[N+]c1ccc(Oc2ccc(C(C)(c3ccc(Oc4ccc(C#N)c(C#N)c4)cc3)c3ccc(Oc4ccc(C#N)c([N+]#[C-])c4)cc3)cc2)cc1C#N. The second-order valence-electron chi connectivity index (χ2n) is 17.5. The van der Waals surface area contributed by atoms with Gasteiger partial charge in [-0.05, 0) is 162 Å². The lowest BCUT2D eigenvalue weighted by Crippen LogP contribution is -2.25. The summed E-state index contributed by atoms with van der Waals surface area (Å²) in [6.07, 6.45) is 0. The van der Waals surface area contributed by atoms with E-state index in [4.69, 9.17) is 27.4 Å². The maximum atomic E-state index is 9.57. The van der Waals surface area contributed by atoms with Gasteiger partial charge >= 0.3 is 0 Å². The van der Waals surface area contributed by atoms with Crippen LogP contribution in [0.15, 0.2) is 200 Å². The Bertz CT molecular complexity index is 3430. The van der Waals surface area contributed by atoms with Gasteiger partial charge < -0.3 is 29.5 Å². The molecule has 0 fully saturated rings. The second-order valence-corrected chi connectivity index (χ2v) is 17.5. The van der Waals surface area contributed by atoms with Gasteiger partial charge in [-0.25, -0.2) is 9.69 Å². The van der Waals surface area contributed by atoms with Gasteiger partial charge in [0.25, 0.3) is 0 Å². The van der Waals surface area contributed by atoms with Crippen molar-refractivity contribution in [2.45, 2.75) is 24.7 Å². The Balaban J connectivity index is 0.000000276. The Morgan fingerprint density at radius 2 is 0.605 bits per heavy atom. The smallest absolute Gasteiger partial charge is 0.208 e. The van der Waals surface area contributed by atoms with Crippen LogP contribution >= 0.6 is 0 Å². The summed E-state index contributed by atoms with van der Waals surface area (Å²) in [6, 6.07) is 66.4. The standard InChI is InChI=1S/C44H24N6O3.C20H18O3/c1-44(33-6-14-36(15-7-33)51-39-12-4-29(25-45)31(22-39)27-47,34-8-16-37(17-9-34)52-40-20-21-42(49-2)32(23-40)28-48)35-10-18-38(19-11-35)53-41-13-5-30(26-46)43(24-41)50-3;1-20(14-2-8-17(21)9-3-14,15-4-10-18(22)11-5-15)16-6-12-19(23)13-7-16/h4-24H,1H3;2-13,21-23H,1H3. The van der Waals surface area contributed by atoms with Crippen molar-refractivity contribution in [3.63, 3.8) is 0 Å². The first-order valence-electron chi connectivity index (χ1n) is 23.3. The Morgan fingerprint density at radius 3 is 0.934 bits per heavy atom. The molecule has 0 aromatic heterocycles. The number of ether oxygens (including phenoxy) is 3. The van der Waals surface area contributed by atoms with Crippen molar-refractivity contribution in [1.29, 1.82) is 21.0 Å². The van der Waals surface area contributed by atoms with E-state index in [1.165, 1.54) is 18.2 Å². The molecule has 0 aliphatic heterocycles. The molecular weight excluding hydrogens is 949 g/mol. The third kappa shape index (κ3) is 10.9. The van der Waals surface area contributed by atoms with Gasteiger partial charge in [-0.3, -0.25) is 0 Å². The van der Waals surface area contributed by atoms with E-state index in [9.17, 15) is 36.4 Å². The van der Waals surface area contributed by atoms with Gasteiger partial charge in [-0.1, -0.05) is 84.9 Å². The van der Waals surface area contributed by atoms with E-state index >= 15 is 0 Å². The molecule has 9 aromatic carbocycles. The van der Waals surface area contributed by atoms with Crippen molar-refractivity contribution < 1.29 is 29.5 Å². The van der Waals surface area contributed by atoms with Gasteiger partial charge in [0.15, 0.2) is 0 Å². The summed E-state index contributed by atoms with van der Waals surface area (Å²) < 4.78 is 18.1. The van der Waals surface area contributed by atoms with E-state index < -0.39 is 10.8 Å². The topological polar surface area (TPSA) is 192 Å². The number of phenolic OH excluding ortho intramolecular Hbond substituents is 3. The number of nitrogens with zero attached hydrogens (tertiary/aromatic N) is 6. The predicted octanol–water partition coefficient (Wildman–Crippen LogP) is 15.2. The van der Waals surface area contributed by atoms with Gasteiger partial charge in [-0.15, -0.1) is 0 Å². The van der Waals surface area contributed by atoms with Crippen LogP contribution in [0.1, 0.15) is 69.5 Å². The molecule has 0 saturated carbocycles. The minimum atomic E-state index is -0.699. The molecule has 1 unspecified atom stereocenters. The molecule has 364 valence electrons. The van der Waals surface area contributed by atoms with Crippen LogP contribution in [0.25, 0.3) is 9.69 Å². The molecule has 0 radical (unpaired) electrons. The highest BCUT2D eigenvalue weighted by Gasteiger charge is 2.33. The van der Waals surface area contributed by atoms with Gasteiger partial charge in [0.1, 0.15) is 63.9 Å². The number of benzene rings is 9. The molecule has 9 aromatic rings. The average Bonchev–Trinajstić information content (AvgIpc) is 3.46. The minimum absolute atomic E-state index is 0.213. The summed E-state index contributed by atoms with van der Waals surface area (Å²) in [5.41, 5.74) is 6.14. The van der Waals surface area contributed by atoms with Crippen LogP contribution in [-0.2, 0) is 10.8 Å². The quantitative estimate of drug-likeness (QED) is 0.0783. The summed E-state index contributed by atoms with van der Waals surface area (Å²) in [5, 5.41) is 66.1. The molecule has 0 bridgehead atoms. The summed E-state index contributed by atoms with van der Waals surface area (Å²) in [6.45, 7) is 18.8. The monoisotopic (exact) mass is 990 g/mol. The number of rotatable bonds is 12. The fourth-order valence-corrected chi connectivity index (χ4v) is 8.67. The highest BCUT2D eigenvalue weighted by atomic mass is 16.5. The van der Waals surface area contributed by atoms with Gasteiger partial charge in [0.05, 0.1) is 47.5 Å². The molecule has 12 heteroatoms. The molecule has 0 spiro atoms. The molecule has 0 aliphatic rings. The van der Waals surface area contributed by atoms with Crippen molar-refractivity contribution in [3.05, 3.63) is 279 Å². The number of aromatic hydroxyl groups is 3. The predicted molar refractivity (Wildman–Crippen MR) is 286 cm³/mol. The minimum Gasteiger partial charge on any atom is -0.508 e. The maximum absolute atomic E-state index is 9.57. The Hall–Kier alpha value is -11.3. The summed E-state index contributed by atoms with van der Waals surface area (Å²) in [4.78, 5) is 6.81. The lowest BCUT2D eigenvalue weighted by atomic mass is 9.71. The zero-order valence-corrected chi connectivity index (χ0v) is 40.8. The van der Waals surface area contributed by atoms with Crippen LogP contribution in [0.4, 0.5) is 11.4 Å². The van der Waals surface area contributed by atoms with Crippen LogP contribution < -0.4 is 14.2 Å². The summed E-state index contributed by atoms with van der Waals surface area (Å²) in [5.74, 6) is 3.58. The number of hydrogen-bond acceptors (Lipinski definition) is 10. The van der Waals surface area contributed by atoms with E-state index in [0.717, 1.165) is 33.4 Å². The third-order valence-corrected chi connectivity index (χ3v) is 13.0. The molecule has 0 aliphatic carbocycles. The highest BCUT2D eigenvalue weighted by Crippen LogP contribution is 2.43. The Labute approximate surface area is 439 Å². The van der Waals surface area contributed by atoms with E-state index in [2.05, 4.69) is 23.5 Å². The van der Waals surface area contributed by atoms with E-state index in [-0.39, 0.29) is 50.9 Å².